The quantitative estimate of drug-likeness (QED) is 0.112. The van der Waals surface area contributed by atoms with E-state index in [1.54, 1.807) is 12.1 Å². The smallest absolute Gasteiger partial charge is 0.207 e. The predicted octanol–water partition coefficient (Wildman–Crippen LogP) is 8.76. The lowest BCUT2D eigenvalue weighted by atomic mass is 9.86. The van der Waals surface area contributed by atoms with Crippen LogP contribution in [-0.2, 0) is 10.0 Å². The normalized spacial score (nSPS) is 13.3. The van der Waals surface area contributed by atoms with Crippen molar-refractivity contribution in [3.05, 3.63) is 150 Å². The molecule has 0 saturated heterocycles. The average molecular weight is 536 g/mol. The molecule has 4 heteroatoms. The Labute approximate surface area is 234 Å². The molecule has 0 radical (unpaired) electrons. The molecule has 39 heavy (non-hydrogen) atoms. The van der Waals surface area contributed by atoms with Gasteiger partial charge in [-0.15, -0.1) is 0 Å². The maximum absolute atomic E-state index is 13.8. The van der Waals surface area contributed by atoms with E-state index in [9.17, 15) is 8.42 Å². The van der Waals surface area contributed by atoms with Gasteiger partial charge in [0.1, 0.15) is 0 Å². The van der Waals surface area contributed by atoms with Gasteiger partial charge in [-0.25, -0.2) is 8.42 Å². The monoisotopic (exact) mass is 535 g/mol. The Bertz CT molecular complexity index is 1480. The van der Waals surface area contributed by atoms with Crippen LogP contribution in [-0.4, -0.2) is 8.42 Å². The molecule has 0 spiro atoms. The largest absolute Gasteiger partial charge is 0.241 e. The van der Waals surface area contributed by atoms with Crippen molar-refractivity contribution < 1.29 is 8.42 Å². The van der Waals surface area contributed by atoms with Gasteiger partial charge >= 0.3 is 0 Å². The summed E-state index contributed by atoms with van der Waals surface area (Å²) in [5.41, 5.74) is 5.81. The fourth-order valence-electron chi connectivity index (χ4n) is 4.65. The molecule has 1 atom stereocenters. The van der Waals surface area contributed by atoms with Crippen LogP contribution in [0.3, 0.4) is 0 Å². The first kappa shape index (κ1) is 28.3. The van der Waals surface area contributed by atoms with Crippen molar-refractivity contribution in [3.63, 3.8) is 0 Å². The molecule has 0 heterocycles. The number of sulfonamides is 1. The van der Waals surface area contributed by atoms with E-state index in [4.69, 9.17) is 0 Å². The van der Waals surface area contributed by atoms with Crippen LogP contribution in [0.15, 0.2) is 132 Å². The summed E-state index contributed by atoms with van der Waals surface area (Å²) in [4.78, 5) is 0.248. The average Bonchev–Trinajstić information content (AvgIpc) is 2.97. The molecule has 4 aromatic rings. The van der Waals surface area contributed by atoms with E-state index in [2.05, 4.69) is 48.1 Å². The standard InChI is InChI=1S/C35H37NO2S/c1-3-4-5-6-16-23-33(29-17-10-7-11-18-29)34(30-19-12-8-13-20-30)35(31-21-14-9-15-22-31)36-39(37,38)32-26-24-28(2)25-27-32/h7-27,35-36H,3-6H2,1-2H3/b23-16-,34-33-/t35-/m1/s1. The Kier molecular flexibility index (Phi) is 10.1. The van der Waals surface area contributed by atoms with Gasteiger partial charge in [0.05, 0.1) is 10.9 Å². The molecule has 1 N–H and O–H groups in total. The summed E-state index contributed by atoms with van der Waals surface area (Å²) < 4.78 is 30.7. The third kappa shape index (κ3) is 7.66. The van der Waals surface area contributed by atoms with Gasteiger partial charge in [0, 0.05) is 0 Å². The van der Waals surface area contributed by atoms with Crippen LogP contribution in [0.4, 0.5) is 0 Å². The van der Waals surface area contributed by atoms with Gasteiger partial charge in [-0.1, -0.05) is 141 Å². The van der Waals surface area contributed by atoms with Crippen LogP contribution < -0.4 is 4.72 Å². The summed E-state index contributed by atoms with van der Waals surface area (Å²) in [5, 5.41) is 0. The SMILES string of the molecule is CCCCC/C=C\C(=C(/c1ccccc1)[C@H](NS(=O)(=O)c1ccc(C)cc1)c1ccccc1)c1ccccc1. The zero-order valence-electron chi connectivity index (χ0n) is 22.8. The number of aryl methyl sites for hydroxylation is 1. The molecule has 4 aromatic carbocycles. The third-order valence-corrected chi connectivity index (χ3v) is 8.18. The van der Waals surface area contributed by atoms with Crippen molar-refractivity contribution in [1.29, 1.82) is 0 Å². The summed E-state index contributed by atoms with van der Waals surface area (Å²) in [7, 11) is -3.83. The molecule has 0 fully saturated rings. The number of allylic oxidation sites excluding steroid dienone is 3. The summed E-state index contributed by atoms with van der Waals surface area (Å²) in [6.45, 7) is 4.16. The highest BCUT2D eigenvalue weighted by Gasteiger charge is 2.27. The number of nitrogens with one attached hydrogen (secondary N) is 1. The second-order valence-electron chi connectivity index (χ2n) is 9.74. The van der Waals surface area contributed by atoms with Crippen molar-refractivity contribution in [2.45, 2.75) is 50.5 Å². The van der Waals surface area contributed by atoms with Crippen molar-refractivity contribution >= 4 is 21.2 Å². The van der Waals surface area contributed by atoms with Gasteiger partial charge in [-0.2, -0.15) is 4.72 Å². The van der Waals surface area contributed by atoms with E-state index >= 15 is 0 Å². The number of hydrogen-bond acceptors (Lipinski definition) is 2. The lowest BCUT2D eigenvalue weighted by Gasteiger charge is -2.26. The second kappa shape index (κ2) is 13.9. The van der Waals surface area contributed by atoms with Crippen molar-refractivity contribution in [3.8, 4) is 0 Å². The second-order valence-corrected chi connectivity index (χ2v) is 11.4. The molecule has 4 rings (SSSR count). The highest BCUT2D eigenvalue weighted by molar-refractivity contribution is 7.89. The molecule has 200 valence electrons. The molecule has 3 nitrogen and oxygen atoms in total. The molecule has 0 saturated carbocycles. The van der Waals surface area contributed by atoms with E-state index < -0.39 is 16.1 Å². The number of benzene rings is 4. The Hall–Kier alpha value is -3.73. The number of unbranched alkanes of at least 4 members (excludes halogenated alkanes) is 3. The maximum Gasteiger partial charge on any atom is 0.241 e. The first-order valence-electron chi connectivity index (χ1n) is 13.6. The van der Waals surface area contributed by atoms with Gasteiger partial charge in [-0.05, 0) is 59.7 Å². The highest BCUT2D eigenvalue weighted by Crippen LogP contribution is 2.38. The Balaban J connectivity index is 1.95. The van der Waals surface area contributed by atoms with E-state index in [-0.39, 0.29) is 4.90 Å². The first-order valence-corrected chi connectivity index (χ1v) is 15.1. The molecule has 0 unspecified atom stereocenters. The van der Waals surface area contributed by atoms with E-state index in [1.807, 2.05) is 85.8 Å². The Morgan fingerprint density at radius 2 is 1.31 bits per heavy atom. The summed E-state index contributed by atoms with van der Waals surface area (Å²) >= 11 is 0. The molecule has 0 aliphatic rings. The molecular weight excluding hydrogens is 498 g/mol. The zero-order chi connectivity index (χ0) is 27.5. The van der Waals surface area contributed by atoms with Gasteiger partial charge in [0.15, 0.2) is 0 Å². The zero-order valence-corrected chi connectivity index (χ0v) is 23.6. The maximum atomic E-state index is 13.8. The van der Waals surface area contributed by atoms with Crippen LogP contribution in [0.25, 0.3) is 11.1 Å². The minimum Gasteiger partial charge on any atom is -0.207 e. The van der Waals surface area contributed by atoms with Crippen molar-refractivity contribution in [2.24, 2.45) is 0 Å². The van der Waals surface area contributed by atoms with Gasteiger partial charge in [-0.3, -0.25) is 0 Å². The van der Waals surface area contributed by atoms with Crippen LogP contribution in [0, 0.1) is 6.92 Å². The number of rotatable bonds is 12. The summed E-state index contributed by atoms with van der Waals surface area (Å²) in [6, 6.07) is 36.5. The molecule has 0 amide bonds. The van der Waals surface area contributed by atoms with Crippen molar-refractivity contribution in [2.75, 3.05) is 0 Å². The highest BCUT2D eigenvalue weighted by atomic mass is 32.2. The topological polar surface area (TPSA) is 46.2 Å². The Morgan fingerprint density at radius 1 is 0.744 bits per heavy atom. The molecule has 0 bridgehead atoms. The fourth-order valence-corrected chi connectivity index (χ4v) is 5.84. The Morgan fingerprint density at radius 3 is 1.90 bits per heavy atom. The van der Waals surface area contributed by atoms with Crippen LogP contribution in [0.5, 0.6) is 0 Å². The van der Waals surface area contributed by atoms with E-state index in [1.165, 1.54) is 12.8 Å². The fraction of sp³-hybridized carbons (Fsp3) is 0.200. The summed E-state index contributed by atoms with van der Waals surface area (Å²) in [5.74, 6) is 0. The lowest BCUT2D eigenvalue weighted by molar-refractivity contribution is 0.576. The van der Waals surface area contributed by atoms with Crippen molar-refractivity contribution in [1.82, 2.24) is 4.72 Å². The van der Waals surface area contributed by atoms with Crippen LogP contribution >= 0.6 is 0 Å². The molecule has 0 aromatic heterocycles. The lowest BCUT2D eigenvalue weighted by Crippen LogP contribution is -2.30. The minimum absolute atomic E-state index is 0.248. The van der Waals surface area contributed by atoms with Crippen LogP contribution in [0.2, 0.25) is 0 Å². The minimum atomic E-state index is -3.83. The molecule has 0 aliphatic heterocycles. The van der Waals surface area contributed by atoms with E-state index in [0.29, 0.717) is 0 Å². The summed E-state index contributed by atoms with van der Waals surface area (Å²) in [6.07, 6.45) is 8.83. The van der Waals surface area contributed by atoms with Crippen LogP contribution in [0.1, 0.15) is 60.9 Å². The number of hydrogen-bond donors (Lipinski definition) is 1. The molecule has 0 aliphatic carbocycles. The first-order chi connectivity index (χ1) is 19.0. The van der Waals surface area contributed by atoms with Gasteiger partial charge in [0.25, 0.3) is 0 Å². The van der Waals surface area contributed by atoms with E-state index in [0.717, 1.165) is 46.2 Å². The van der Waals surface area contributed by atoms with Gasteiger partial charge < -0.3 is 0 Å². The third-order valence-electron chi connectivity index (χ3n) is 6.74. The van der Waals surface area contributed by atoms with Gasteiger partial charge in [0.2, 0.25) is 10.0 Å². The molecular formula is C35H37NO2S. The predicted molar refractivity (Wildman–Crippen MR) is 164 cm³/mol.